The van der Waals surface area contributed by atoms with Crippen molar-refractivity contribution >= 4 is 23.4 Å². The summed E-state index contributed by atoms with van der Waals surface area (Å²) in [6.07, 6.45) is 5.47. The number of thioether (sulfide) groups is 1. The molecule has 3 rings (SSSR count). The zero-order valence-electron chi connectivity index (χ0n) is 15.1. The summed E-state index contributed by atoms with van der Waals surface area (Å²) >= 11 is 1.67. The summed E-state index contributed by atoms with van der Waals surface area (Å²) in [7, 11) is 1.56. The highest BCUT2D eigenvalue weighted by molar-refractivity contribution is 8.00. The van der Waals surface area contributed by atoms with Crippen molar-refractivity contribution < 1.29 is 18.7 Å². The number of hydrogen-bond acceptors (Lipinski definition) is 4. The Morgan fingerprint density at radius 2 is 2.04 bits per heavy atom. The Hall–Kier alpha value is -2.15. The number of carbonyl (C=O) groups is 1. The van der Waals surface area contributed by atoms with E-state index in [2.05, 4.69) is 4.98 Å². The maximum absolute atomic E-state index is 14.7. The summed E-state index contributed by atoms with van der Waals surface area (Å²) in [5, 5.41) is 10.0. The molecule has 7 heteroatoms. The number of benzene rings is 1. The van der Waals surface area contributed by atoms with Gasteiger partial charge in [-0.2, -0.15) is 0 Å². The van der Waals surface area contributed by atoms with E-state index in [-0.39, 0.29) is 18.7 Å². The van der Waals surface area contributed by atoms with Gasteiger partial charge in [-0.25, -0.2) is 13.8 Å². The molecule has 1 saturated carbocycles. The van der Waals surface area contributed by atoms with Crippen molar-refractivity contribution in [1.82, 2.24) is 4.98 Å². The van der Waals surface area contributed by atoms with Crippen LogP contribution in [0.25, 0.3) is 11.1 Å². The normalized spacial score (nSPS) is 14.0. The number of pyridine rings is 1. The Balaban J connectivity index is 1.83. The van der Waals surface area contributed by atoms with Gasteiger partial charge < -0.3 is 10.0 Å². The molecule has 0 unspecified atom stereocenters. The van der Waals surface area contributed by atoms with E-state index in [0.717, 1.165) is 23.4 Å². The Morgan fingerprint density at radius 3 is 2.63 bits per heavy atom. The molecule has 1 aliphatic carbocycles. The first-order valence-electron chi connectivity index (χ1n) is 8.99. The van der Waals surface area contributed by atoms with Gasteiger partial charge in [0.2, 0.25) is 0 Å². The quantitative estimate of drug-likeness (QED) is 0.687. The number of aliphatic carboxylic acids is 1. The molecule has 2 aromatic rings. The van der Waals surface area contributed by atoms with E-state index in [0.29, 0.717) is 17.2 Å². The molecule has 0 radical (unpaired) electrons. The minimum atomic E-state index is -0.923. The number of carboxylic acids is 1. The Morgan fingerprint density at radius 1 is 1.33 bits per heavy atom. The molecule has 144 valence electrons. The first-order valence-corrected chi connectivity index (χ1v) is 9.87. The lowest BCUT2D eigenvalue weighted by atomic mass is 10.00. The van der Waals surface area contributed by atoms with E-state index in [9.17, 15) is 13.6 Å². The maximum atomic E-state index is 14.7. The second kappa shape index (κ2) is 8.69. The van der Waals surface area contributed by atoms with Gasteiger partial charge in [0.15, 0.2) is 0 Å². The number of anilines is 1. The van der Waals surface area contributed by atoms with Crippen molar-refractivity contribution in [3.63, 3.8) is 0 Å². The topological polar surface area (TPSA) is 53.4 Å². The third-order valence-electron chi connectivity index (χ3n) is 4.70. The molecule has 1 N–H and O–H groups in total. The number of hydrogen-bond donors (Lipinski definition) is 1. The second-order valence-corrected chi connectivity index (χ2v) is 8.02. The minimum Gasteiger partial charge on any atom is -0.481 e. The first kappa shape index (κ1) is 19.6. The van der Waals surface area contributed by atoms with Gasteiger partial charge in [0.05, 0.1) is 0 Å². The fourth-order valence-electron chi connectivity index (χ4n) is 3.02. The molecule has 0 saturated heterocycles. The molecule has 1 heterocycles. The van der Waals surface area contributed by atoms with Gasteiger partial charge >= 0.3 is 5.97 Å². The van der Waals surface area contributed by atoms with E-state index in [1.165, 1.54) is 23.5 Å². The molecule has 0 amide bonds. The monoisotopic (exact) mass is 392 g/mol. The Labute approximate surface area is 161 Å². The number of halogens is 2. The number of aromatic nitrogens is 1. The summed E-state index contributed by atoms with van der Waals surface area (Å²) in [6, 6.07) is 6.25. The van der Waals surface area contributed by atoms with Crippen LogP contribution in [0, 0.1) is 11.6 Å². The van der Waals surface area contributed by atoms with Crippen LogP contribution < -0.4 is 4.90 Å². The van der Waals surface area contributed by atoms with Crippen LogP contribution in [0.3, 0.4) is 0 Å². The van der Waals surface area contributed by atoms with Crippen molar-refractivity contribution in [3.05, 3.63) is 42.1 Å². The molecule has 1 fully saturated rings. The van der Waals surface area contributed by atoms with Crippen LogP contribution in [0.2, 0.25) is 0 Å². The molecule has 4 nitrogen and oxygen atoms in total. The van der Waals surface area contributed by atoms with Crippen molar-refractivity contribution in [2.75, 3.05) is 18.5 Å². The third kappa shape index (κ3) is 4.77. The largest absolute Gasteiger partial charge is 0.481 e. The van der Waals surface area contributed by atoms with Crippen LogP contribution in [-0.2, 0) is 4.79 Å². The summed E-state index contributed by atoms with van der Waals surface area (Å²) in [5.74, 6) is -2.25. The molecule has 0 atom stereocenters. The van der Waals surface area contributed by atoms with E-state index < -0.39 is 17.6 Å². The van der Waals surface area contributed by atoms with E-state index in [4.69, 9.17) is 5.11 Å². The van der Waals surface area contributed by atoms with Gasteiger partial charge in [-0.15, -0.1) is 11.8 Å². The molecule has 1 aliphatic rings. The molecule has 0 bridgehead atoms. The predicted octanol–water partition coefficient (Wildman–Crippen LogP) is 4.97. The summed E-state index contributed by atoms with van der Waals surface area (Å²) in [5.41, 5.74) is 1.05. The molecule has 0 spiro atoms. The second-order valence-electron chi connectivity index (χ2n) is 6.73. The van der Waals surface area contributed by atoms with Crippen LogP contribution in [0.4, 0.5) is 14.5 Å². The SMILES string of the molecule is CN(CCCC(=O)O)c1c(F)cc(-c2cccnc2SC2CCC2)cc1F. The number of rotatable bonds is 8. The molecule has 27 heavy (non-hydrogen) atoms. The van der Waals surface area contributed by atoms with Crippen LogP contribution in [0.15, 0.2) is 35.5 Å². The predicted molar refractivity (Wildman–Crippen MR) is 103 cm³/mol. The highest BCUT2D eigenvalue weighted by Crippen LogP contribution is 2.40. The molecule has 1 aromatic heterocycles. The molecular weight excluding hydrogens is 370 g/mol. The lowest BCUT2D eigenvalue weighted by Gasteiger charge is -2.25. The zero-order valence-corrected chi connectivity index (χ0v) is 15.9. The van der Waals surface area contributed by atoms with Gasteiger partial charge in [-0.1, -0.05) is 12.5 Å². The van der Waals surface area contributed by atoms with Crippen LogP contribution >= 0.6 is 11.8 Å². The number of carboxylic acid groups (broad SMARTS) is 1. The first-order chi connectivity index (χ1) is 13.0. The standard InChI is InChI=1S/C20H22F2N2O2S/c1-24(10-4-8-18(25)26)19-16(21)11-13(12-17(19)22)15-7-3-9-23-20(15)27-14-5-2-6-14/h3,7,9,11-12,14H,2,4-6,8,10H2,1H3,(H,25,26). The lowest BCUT2D eigenvalue weighted by molar-refractivity contribution is -0.137. The van der Waals surface area contributed by atoms with Crippen molar-refractivity contribution in [1.29, 1.82) is 0 Å². The third-order valence-corrected chi connectivity index (χ3v) is 6.05. The van der Waals surface area contributed by atoms with Crippen molar-refractivity contribution in [3.8, 4) is 11.1 Å². The van der Waals surface area contributed by atoms with E-state index >= 15 is 0 Å². The average Bonchev–Trinajstić information content (AvgIpc) is 2.57. The zero-order chi connectivity index (χ0) is 19.4. The molecular formula is C20H22F2N2O2S. The summed E-state index contributed by atoms with van der Waals surface area (Å²) in [6.45, 7) is 0.259. The fraction of sp³-hybridized carbons (Fsp3) is 0.400. The van der Waals surface area contributed by atoms with Crippen LogP contribution in [0.1, 0.15) is 32.1 Å². The van der Waals surface area contributed by atoms with Gasteiger partial charge in [0.25, 0.3) is 0 Å². The Bertz CT molecular complexity index is 804. The fourth-order valence-corrected chi connectivity index (χ4v) is 4.34. The highest BCUT2D eigenvalue weighted by Gasteiger charge is 2.22. The lowest BCUT2D eigenvalue weighted by Crippen LogP contribution is -2.22. The maximum Gasteiger partial charge on any atom is 0.303 e. The van der Waals surface area contributed by atoms with Crippen molar-refractivity contribution in [2.45, 2.75) is 42.4 Å². The van der Waals surface area contributed by atoms with Gasteiger partial charge in [-0.05, 0) is 43.0 Å². The Kier molecular flexibility index (Phi) is 6.31. The van der Waals surface area contributed by atoms with Crippen molar-refractivity contribution in [2.24, 2.45) is 0 Å². The minimum absolute atomic E-state index is 0.0386. The summed E-state index contributed by atoms with van der Waals surface area (Å²) in [4.78, 5) is 16.4. The van der Waals surface area contributed by atoms with E-state index in [1.54, 1.807) is 31.1 Å². The van der Waals surface area contributed by atoms with Gasteiger partial charge in [0.1, 0.15) is 22.3 Å². The van der Waals surface area contributed by atoms with E-state index in [1.807, 2.05) is 6.07 Å². The van der Waals surface area contributed by atoms with Gasteiger partial charge in [0, 0.05) is 37.0 Å². The van der Waals surface area contributed by atoms with Crippen LogP contribution in [-0.4, -0.2) is 34.9 Å². The van der Waals surface area contributed by atoms with Crippen LogP contribution in [0.5, 0.6) is 0 Å². The summed E-state index contributed by atoms with van der Waals surface area (Å²) < 4.78 is 29.4. The smallest absolute Gasteiger partial charge is 0.303 e. The molecule has 1 aromatic carbocycles. The highest BCUT2D eigenvalue weighted by atomic mass is 32.2. The number of nitrogens with zero attached hydrogens (tertiary/aromatic N) is 2. The average molecular weight is 392 g/mol. The molecule has 0 aliphatic heterocycles. The van der Waals surface area contributed by atoms with Gasteiger partial charge in [-0.3, -0.25) is 4.79 Å².